The Morgan fingerprint density at radius 1 is 1.35 bits per heavy atom. The number of likely N-dealkylation sites (tertiary alicyclic amines) is 1. The number of nitrogens with zero attached hydrogens (tertiary/aromatic N) is 1. The number of benzene rings is 1. The first-order valence-electron chi connectivity index (χ1n) is 9.05. The zero-order chi connectivity index (χ0) is 18.9. The highest BCUT2D eigenvalue weighted by Crippen LogP contribution is 2.28. The Balaban J connectivity index is 1.77. The quantitative estimate of drug-likeness (QED) is 0.514. The van der Waals surface area contributed by atoms with Crippen molar-refractivity contribution < 1.29 is 19.1 Å². The van der Waals surface area contributed by atoms with Crippen molar-refractivity contribution in [3.63, 3.8) is 0 Å². The highest BCUT2D eigenvalue weighted by molar-refractivity contribution is 5.87. The van der Waals surface area contributed by atoms with Crippen molar-refractivity contribution in [3.8, 4) is 11.5 Å². The zero-order valence-electron chi connectivity index (χ0n) is 15.6. The van der Waals surface area contributed by atoms with Gasteiger partial charge in [0.1, 0.15) is 0 Å². The number of unbranched alkanes of at least 4 members (excludes halogenated alkanes) is 1. The van der Waals surface area contributed by atoms with E-state index in [4.69, 9.17) is 9.47 Å². The van der Waals surface area contributed by atoms with Gasteiger partial charge >= 0.3 is 0 Å². The molecule has 0 atom stereocenters. The number of nitrogens with one attached hydrogen (secondary N) is 1. The lowest BCUT2D eigenvalue weighted by Crippen LogP contribution is -2.50. The van der Waals surface area contributed by atoms with Crippen LogP contribution in [0.5, 0.6) is 11.5 Å². The van der Waals surface area contributed by atoms with Gasteiger partial charge in [-0.15, -0.1) is 0 Å². The first-order chi connectivity index (χ1) is 12.6. The fraction of sp³-hybridized carbons (Fsp3) is 0.500. The van der Waals surface area contributed by atoms with Gasteiger partial charge in [0, 0.05) is 32.0 Å². The Bertz CT molecular complexity index is 639. The van der Waals surface area contributed by atoms with Crippen LogP contribution in [0, 0.1) is 5.92 Å². The van der Waals surface area contributed by atoms with E-state index in [0.717, 1.165) is 24.2 Å². The van der Waals surface area contributed by atoms with Crippen LogP contribution >= 0.6 is 0 Å². The number of methoxy groups -OCH3 is 1. The van der Waals surface area contributed by atoms with Crippen LogP contribution in [0.25, 0.3) is 0 Å². The van der Waals surface area contributed by atoms with Crippen molar-refractivity contribution in [2.75, 3.05) is 26.8 Å². The van der Waals surface area contributed by atoms with E-state index in [0.29, 0.717) is 38.4 Å². The van der Waals surface area contributed by atoms with Crippen LogP contribution < -0.4 is 14.8 Å². The predicted octanol–water partition coefficient (Wildman–Crippen LogP) is 2.52. The van der Waals surface area contributed by atoms with Gasteiger partial charge in [0.2, 0.25) is 11.8 Å². The number of hydrogen-bond donors (Lipinski definition) is 1. The van der Waals surface area contributed by atoms with E-state index in [1.165, 1.54) is 6.08 Å². The number of carbonyl (C=O) groups excluding carboxylic acids is 2. The Morgan fingerprint density at radius 2 is 2.12 bits per heavy atom. The number of amides is 2. The second kappa shape index (κ2) is 9.85. The molecule has 0 bridgehead atoms. The summed E-state index contributed by atoms with van der Waals surface area (Å²) in [7, 11) is 1.61. The lowest BCUT2D eigenvalue weighted by atomic mass is 9.96. The minimum absolute atomic E-state index is 0.0112. The normalized spacial score (nSPS) is 13.7. The molecule has 1 heterocycles. The molecule has 6 nitrogen and oxygen atoms in total. The van der Waals surface area contributed by atoms with Gasteiger partial charge in [-0.1, -0.05) is 26.0 Å². The van der Waals surface area contributed by atoms with Crippen LogP contribution in [0.3, 0.4) is 0 Å². The summed E-state index contributed by atoms with van der Waals surface area (Å²) in [6, 6.07) is 5.69. The molecule has 6 heteroatoms. The molecule has 142 valence electrons. The average Bonchev–Trinajstić information content (AvgIpc) is 2.62. The fourth-order valence-corrected chi connectivity index (χ4v) is 2.81. The first-order valence-corrected chi connectivity index (χ1v) is 9.05. The topological polar surface area (TPSA) is 67.9 Å². The second-order valence-corrected chi connectivity index (χ2v) is 6.48. The molecule has 1 saturated heterocycles. The van der Waals surface area contributed by atoms with Crippen LogP contribution in [0.4, 0.5) is 0 Å². The highest BCUT2D eigenvalue weighted by atomic mass is 16.5. The van der Waals surface area contributed by atoms with Gasteiger partial charge in [-0.25, -0.2) is 0 Å². The molecule has 0 aliphatic carbocycles. The largest absolute Gasteiger partial charge is 0.493 e. The zero-order valence-corrected chi connectivity index (χ0v) is 15.6. The van der Waals surface area contributed by atoms with Crippen molar-refractivity contribution in [3.05, 3.63) is 36.4 Å². The maximum atomic E-state index is 12.1. The summed E-state index contributed by atoms with van der Waals surface area (Å²) in [5.74, 6) is 1.53. The smallest absolute Gasteiger partial charge is 0.245 e. The number of carbonyl (C=O) groups is 2. The van der Waals surface area contributed by atoms with E-state index in [-0.39, 0.29) is 17.7 Å². The molecular formula is C20H28N2O4. The average molecular weight is 360 g/mol. The van der Waals surface area contributed by atoms with Crippen LogP contribution in [0.2, 0.25) is 0 Å². The Morgan fingerprint density at radius 3 is 2.77 bits per heavy atom. The second-order valence-electron chi connectivity index (χ2n) is 6.48. The standard InChI is InChI=1S/C20H28N2O4/c1-4-6-9-26-17-8-7-15(10-18(17)25-3)12-21-19(23)11-16-13-22(14-16)20(24)5-2/h5,7-8,10,16H,2,4,6,9,11-14H2,1,3H3,(H,21,23). The molecule has 1 N–H and O–H groups in total. The summed E-state index contributed by atoms with van der Waals surface area (Å²) < 4.78 is 11.1. The van der Waals surface area contributed by atoms with Gasteiger partial charge in [-0.2, -0.15) is 0 Å². The SMILES string of the molecule is C=CC(=O)N1CC(CC(=O)NCc2ccc(OCCCC)c(OC)c2)C1. The van der Waals surface area contributed by atoms with E-state index >= 15 is 0 Å². The summed E-state index contributed by atoms with van der Waals surface area (Å²) in [6.07, 6.45) is 3.81. The molecular weight excluding hydrogens is 332 g/mol. The highest BCUT2D eigenvalue weighted by Gasteiger charge is 2.30. The molecule has 1 aromatic rings. The van der Waals surface area contributed by atoms with E-state index in [2.05, 4.69) is 18.8 Å². The molecule has 1 aliphatic heterocycles. The molecule has 0 aromatic heterocycles. The van der Waals surface area contributed by atoms with Gasteiger partial charge in [-0.3, -0.25) is 9.59 Å². The van der Waals surface area contributed by atoms with Gasteiger partial charge in [0.05, 0.1) is 13.7 Å². The Hall–Kier alpha value is -2.50. The summed E-state index contributed by atoms with van der Waals surface area (Å²) in [6.45, 7) is 7.92. The molecule has 0 spiro atoms. The lowest BCUT2D eigenvalue weighted by Gasteiger charge is -2.38. The first kappa shape index (κ1) is 19.8. The van der Waals surface area contributed by atoms with Crippen LogP contribution in [0.1, 0.15) is 31.7 Å². The van der Waals surface area contributed by atoms with Crippen LogP contribution in [-0.2, 0) is 16.1 Å². The molecule has 0 unspecified atom stereocenters. The molecule has 0 saturated carbocycles. The maximum Gasteiger partial charge on any atom is 0.245 e. The Labute approximate surface area is 155 Å². The monoisotopic (exact) mass is 360 g/mol. The van der Waals surface area contributed by atoms with E-state index in [9.17, 15) is 9.59 Å². The van der Waals surface area contributed by atoms with Crippen molar-refractivity contribution >= 4 is 11.8 Å². The molecule has 26 heavy (non-hydrogen) atoms. The van der Waals surface area contributed by atoms with Crippen molar-refractivity contribution in [1.82, 2.24) is 10.2 Å². The molecule has 2 amide bonds. The maximum absolute atomic E-state index is 12.1. The van der Waals surface area contributed by atoms with Crippen LogP contribution in [0.15, 0.2) is 30.9 Å². The van der Waals surface area contributed by atoms with Gasteiger partial charge in [0.15, 0.2) is 11.5 Å². The molecule has 1 aromatic carbocycles. The molecule has 0 radical (unpaired) electrons. The molecule has 2 rings (SSSR count). The van der Waals surface area contributed by atoms with E-state index in [1.54, 1.807) is 12.0 Å². The summed E-state index contributed by atoms with van der Waals surface area (Å²) in [5, 5.41) is 2.92. The van der Waals surface area contributed by atoms with Crippen molar-refractivity contribution in [2.45, 2.75) is 32.7 Å². The van der Waals surface area contributed by atoms with Crippen molar-refractivity contribution in [2.24, 2.45) is 5.92 Å². The van der Waals surface area contributed by atoms with Crippen LogP contribution in [-0.4, -0.2) is 43.5 Å². The number of rotatable bonds is 10. The van der Waals surface area contributed by atoms with E-state index in [1.807, 2.05) is 18.2 Å². The van der Waals surface area contributed by atoms with Gasteiger partial charge in [0.25, 0.3) is 0 Å². The Kier molecular flexibility index (Phi) is 7.51. The number of ether oxygens (including phenoxy) is 2. The summed E-state index contributed by atoms with van der Waals surface area (Å²) in [5.41, 5.74) is 0.954. The molecule has 1 aliphatic rings. The van der Waals surface area contributed by atoms with Gasteiger partial charge in [-0.05, 0) is 30.2 Å². The minimum atomic E-state index is -0.0741. The predicted molar refractivity (Wildman–Crippen MR) is 100 cm³/mol. The van der Waals surface area contributed by atoms with Crippen molar-refractivity contribution in [1.29, 1.82) is 0 Å². The summed E-state index contributed by atoms with van der Waals surface area (Å²) >= 11 is 0. The lowest BCUT2D eigenvalue weighted by molar-refractivity contribution is -0.135. The summed E-state index contributed by atoms with van der Waals surface area (Å²) in [4.78, 5) is 25.2. The fourth-order valence-electron chi connectivity index (χ4n) is 2.81. The minimum Gasteiger partial charge on any atom is -0.493 e. The molecule has 1 fully saturated rings. The third kappa shape index (κ3) is 5.51. The third-order valence-corrected chi connectivity index (χ3v) is 4.39. The number of hydrogen-bond acceptors (Lipinski definition) is 4. The van der Waals surface area contributed by atoms with E-state index < -0.39 is 0 Å². The third-order valence-electron chi connectivity index (χ3n) is 4.39. The van der Waals surface area contributed by atoms with Gasteiger partial charge < -0.3 is 19.7 Å².